The van der Waals surface area contributed by atoms with Crippen molar-refractivity contribution in [2.75, 3.05) is 13.1 Å². The SMILES string of the molecule is CC(C)CN(CC(=O)N(Cc1cccn1C)C1CC1)C(=O)C(C)C. The molecular formula is C19H31N3O2. The van der Waals surface area contributed by atoms with Crippen LogP contribution in [-0.4, -0.2) is 45.3 Å². The number of carbonyl (C=O) groups excluding carboxylic acids is 2. The molecule has 1 heterocycles. The lowest BCUT2D eigenvalue weighted by molar-refractivity contribution is -0.143. The Hall–Kier alpha value is -1.78. The minimum absolute atomic E-state index is 0.0617. The highest BCUT2D eigenvalue weighted by atomic mass is 16.2. The number of hydrogen-bond donors (Lipinski definition) is 0. The highest BCUT2D eigenvalue weighted by Gasteiger charge is 2.34. The number of nitrogens with zero attached hydrogens (tertiary/aromatic N) is 3. The van der Waals surface area contributed by atoms with Crippen LogP contribution in [0.3, 0.4) is 0 Å². The van der Waals surface area contributed by atoms with Crippen molar-refractivity contribution in [3.05, 3.63) is 24.0 Å². The standard InChI is InChI=1S/C19H31N3O2/c1-14(2)11-21(19(24)15(3)4)13-18(23)22(16-8-9-16)12-17-7-6-10-20(17)5/h6-7,10,14-16H,8-9,11-13H2,1-5H3. The highest BCUT2D eigenvalue weighted by Crippen LogP contribution is 2.28. The molecule has 1 fully saturated rings. The molecule has 1 aromatic heterocycles. The van der Waals surface area contributed by atoms with Crippen LogP contribution in [0.2, 0.25) is 0 Å². The van der Waals surface area contributed by atoms with Gasteiger partial charge < -0.3 is 14.4 Å². The van der Waals surface area contributed by atoms with Gasteiger partial charge in [-0.2, -0.15) is 0 Å². The van der Waals surface area contributed by atoms with Gasteiger partial charge in [-0.05, 0) is 30.9 Å². The van der Waals surface area contributed by atoms with Gasteiger partial charge in [0.1, 0.15) is 0 Å². The second kappa shape index (κ2) is 7.86. The number of hydrogen-bond acceptors (Lipinski definition) is 2. The number of rotatable bonds is 8. The third-order valence-corrected chi connectivity index (χ3v) is 4.41. The van der Waals surface area contributed by atoms with E-state index >= 15 is 0 Å². The molecule has 1 aliphatic carbocycles. The summed E-state index contributed by atoms with van der Waals surface area (Å²) < 4.78 is 2.05. The fourth-order valence-corrected chi connectivity index (χ4v) is 2.93. The Balaban J connectivity index is 2.07. The second-order valence-electron chi connectivity index (χ2n) is 7.63. The summed E-state index contributed by atoms with van der Waals surface area (Å²) in [6.07, 6.45) is 4.13. The predicted molar refractivity (Wildman–Crippen MR) is 95.2 cm³/mol. The number of carbonyl (C=O) groups is 2. The van der Waals surface area contributed by atoms with Crippen LogP contribution in [-0.2, 0) is 23.2 Å². The van der Waals surface area contributed by atoms with E-state index in [1.165, 1.54) is 0 Å². The summed E-state index contributed by atoms with van der Waals surface area (Å²) in [6, 6.07) is 4.38. The smallest absolute Gasteiger partial charge is 0.242 e. The van der Waals surface area contributed by atoms with Crippen molar-refractivity contribution >= 4 is 11.8 Å². The predicted octanol–water partition coefficient (Wildman–Crippen LogP) is 2.66. The summed E-state index contributed by atoms with van der Waals surface area (Å²) in [5.41, 5.74) is 1.13. The molecule has 2 amide bonds. The Labute approximate surface area is 145 Å². The molecular weight excluding hydrogens is 302 g/mol. The normalized spacial score (nSPS) is 14.3. The average molecular weight is 333 g/mol. The molecule has 1 aromatic rings. The second-order valence-corrected chi connectivity index (χ2v) is 7.63. The lowest BCUT2D eigenvalue weighted by Crippen LogP contribution is -2.46. The van der Waals surface area contributed by atoms with Gasteiger partial charge >= 0.3 is 0 Å². The first kappa shape index (κ1) is 18.6. The van der Waals surface area contributed by atoms with Crippen molar-refractivity contribution in [1.82, 2.24) is 14.4 Å². The van der Waals surface area contributed by atoms with E-state index in [2.05, 4.69) is 13.8 Å². The minimum Gasteiger partial charge on any atom is -0.353 e. The molecule has 0 bridgehead atoms. The zero-order valence-electron chi connectivity index (χ0n) is 15.7. The van der Waals surface area contributed by atoms with E-state index in [-0.39, 0.29) is 24.3 Å². The Morgan fingerprint density at radius 1 is 1.25 bits per heavy atom. The van der Waals surface area contributed by atoms with Crippen molar-refractivity contribution in [1.29, 1.82) is 0 Å². The van der Waals surface area contributed by atoms with Crippen LogP contribution >= 0.6 is 0 Å². The fourth-order valence-electron chi connectivity index (χ4n) is 2.93. The molecule has 0 radical (unpaired) electrons. The maximum atomic E-state index is 12.9. The van der Waals surface area contributed by atoms with Crippen LogP contribution < -0.4 is 0 Å². The van der Waals surface area contributed by atoms with Gasteiger partial charge in [-0.3, -0.25) is 9.59 Å². The first-order valence-corrected chi connectivity index (χ1v) is 8.98. The Kier molecular flexibility index (Phi) is 6.08. The van der Waals surface area contributed by atoms with E-state index in [1.807, 2.05) is 48.7 Å². The summed E-state index contributed by atoms with van der Waals surface area (Å²) in [5.74, 6) is 0.390. The fraction of sp³-hybridized carbons (Fsp3) is 0.684. The Morgan fingerprint density at radius 3 is 2.38 bits per heavy atom. The first-order chi connectivity index (χ1) is 11.3. The van der Waals surface area contributed by atoms with E-state index in [4.69, 9.17) is 0 Å². The molecule has 2 rings (SSSR count). The van der Waals surface area contributed by atoms with Gasteiger partial charge in [0.05, 0.1) is 13.1 Å². The van der Waals surface area contributed by atoms with Crippen LogP contribution in [0.25, 0.3) is 0 Å². The van der Waals surface area contributed by atoms with Gasteiger partial charge in [0.2, 0.25) is 11.8 Å². The molecule has 0 aromatic carbocycles. The maximum absolute atomic E-state index is 12.9. The zero-order chi connectivity index (χ0) is 17.9. The van der Waals surface area contributed by atoms with Gasteiger partial charge in [0, 0.05) is 37.4 Å². The number of aryl methyl sites for hydroxylation is 1. The zero-order valence-corrected chi connectivity index (χ0v) is 15.7. The van der Waals surface area contributed by atoms with Gasteiger partial charge in [0.25, 0.3) is 0 Å². The minimum atomic E-state index is -0.0844. The molecule has 0 unspecified atom stereocenters. The van der Waals surface area contributed by atoms with E-state index in [1.54, 1.807) is 4.90 Å². The molecule has 1 saturated carbocycles. The molecule has 5 nitrogen and oxygen atoms in total. The lowest BCUT2D eigenvalue weighted by atomic mass is 10.1. The molecule has 0 spiro atoms. The van der Waals surface area contributed by atoms with Gasteiger partial charge in [0.15, 0.2) is 0 Å². The number of aromatic nitrogens is 1. The monoisotopic (exact) mass is 333 g/mol. The summed E-state index contributed by atoms with van der Waals surface area (Å²) in [4.78, 5) is 29.0. The topological polar surface area (TPSA) is 45.6 Å². The molecule has 5 heteroatoms. The molecule has 0 atom stereocenters. The first-order valence-electron chi connectivity index (χ1n) is 8.98. The van der Waals surface area contributed by atoms with Crippen LogP contribution in [0.4, 0.5) is 0 Å². The van der Waals surface area contributed by atoms with Gasteiger partial charge in [-0.1, -0.05) is 27.7 Å². The quantitative estimate of drug-likeness (QED) is 0.734. The summed E-state index contributed by atoms with van der Waals surface area (Å²) in [7, 11) is 2.00. The molecule has 0 saturated heterocycles. The average Bonchev–Trinajstić information content (AvgIpc) is 3.25. The summed E-state index contributed by atoms with van der Waals surface area (Å²) in [6.45, 7) is 9.38. The third-order valence-electron chi connectivity index (χ3n) is 4.41. The molecule has 134 valence electrons. The van der Waals surface area contributed by atoms with E-state index in [9.17, 15) is 9.59 Å². The van der Waals surface area contributed by atoms with Crippen molar-refractivity contribution < 1.29 is 9.59 Å². The van der Waals surface area contributed by atoms with Crippen LogP contribution in [0.5, 0.6) is 0 Å². The third kappa shape index (κ3) is 4.86. The van der Waals surface area contributed by atoms with Crippen LogP contribution in [0.1, 0.15) is 46.2 Å². The van der Waals surface area contributed by atoms with Crippen LogP contribution in [0, 0.1) is 11.8 Å². The molecule has 1 aliphatic rings. The van der Waals surface area contributed by atoms with E-state index < -0.39 is 0 Å². The Bertz CT molecular complexity index is 573. The van der Waals surface area contributed by atoms with Crippen molar-refractivity contribution in [2.45, 2.75) is 53.1 Å². The highest BCUT2D eigenvalue weighted by molar-refractivity contribution is 5.86. The van der Waals surface area contributed by atoms with Gasteiger partial charge in [-0.15, -0.1) is 0 Å². The van der Waals surface area contributed by atoms with Gasteiger partial charge in [-0.25, -0.2) is 0 Å². The van der Waals surface area contributed by atoms with Crippen molar-refractivity contribution in [3.63, 3.8) is 0 Å². The Morgan fingerprint density at radius 2 is 1.92 bits per heavy atom. The van der Waals surface area contributed by atoms with Crippen molar-refractivity contribution in [3.8, 4) is 0 Å². The summed E-state index contributed by atoms with van der Waals surface area (Å²) >= 11 is 0. The lowest BCUT2D eigenvalue weighted by Gasteiger charge is -2.30. The molecule has 0 aliphatic heterocycles. The van der Waals surface area contributed by atoms with E-state index in [0.717, 1.165) is 18.5 Å². The van der Waals surface area contributed by atoms with Crippen LogP contribution in [0.15, 0.2) is 18.3 Å². The molecule has 24 heavy (non-hydrogen) atoms. The van der Waals surface area contributed by atoms with E-state index in [0.29, 0.717) is 25.0 Å². The number of amides is 2. The van der Waals surface area contributed by atoms with Crippen molar-refractivity contribution in [2.24, 2.45) is 18.9 Å². The largest absolute Gasteiger partial charge is 0.353 e. The maximum Gasteiger partial charge on any atom is 0.242 e. The molecule has 0 N–H and O–H groups in total. The summed E-state index contributed by atoms with van der Waals surface area (Å²) in [5, 5.41) is 0.